The SMILES string of the molecule is c1ccc2c(c1)CN(CC1NCC3CCCC31)C2. The largest absolute Gasteiger partial charge is 0.312 e. The van der Waals surface area contributed by atoms with E-state index in [0.717, 1.165) is 31.0 Å². The van der Waals surface area contributed by atoms with Crippen LogP contribution in [0.1, 0.15) is 30.4 Å². The van der Waals surface area contributed by atoms with E-state index in [4.69, 9.17) is 0 Å². The molecule has 2 nitrogen and oxygen atoms in total. The number of nitrogens with zero attached hydrogens (tertiary/aromatic N) is 1. The highest BCUT2D eigenvalue weighted by molar-refractivity contribution is 5.30. The Morgan fingerprint density at radius 3 is 2.67 bits per heavy atom. The van der Waals surface area contributed by atoms with Crippen molar-refractivity contribution in [3.05, 3.63) is 35.4 Å². The van der Waals surface area contributed by atoms with Gasteiger partial charge in [-0.1, -0.05) is 30.7 Å². The fourth-order valence-corrected chi connectivity index (χ4v) is 4.31. The molecule has 0 spiro atoms. The second kappa shape index (κ2) is 4.36. The van der Waals surface area contributed by atoms with Gasteiger partial charge in [0.15, 0.2) is 0 Å². The van der Waals surface area contributed by atoms with Gasteiger partial charge in [-0.3, -0.25) is 4.90 Å². The van der Waals surface area contributed by atoms with Gasteiger partial charge in [0.2, 0.25) is 0 Å². The Balaban J connectivity index is 1.42. The molecule has 3 unspecified atom stereocenters. The minimum atomic E-state index is 0.756. The summed E-state index contributed by atoms with van der Waals surface area (Å²) in [6.45, 7) is 4.84. The van der Waals surface area contributed by atoms with Gasteiger partial charge in [0.25, 0.3) is 0 Å². The van der Waals surface area contributed by atoms with Gasteiger partial charge in [-0.2, -0.15) is 0 Å². The van der Waals surface area contributed by atoms with Crippen molar-refractivity contribution in [2.45, 2.75) is 38.4 Å². The van der Waals surface area contributed by atoms with Crippen molar-refractivity contribution in [2.24, 2.45) is 11.8 Å². The van der Waals surface area contributed by atoms with Crippen molar-refractivity contribution in [1.82, 2.24) is 10.2 Å². The predicted octanol–water partition coefficient (Wildman–Crippen LogP) is 2.39. The van der Waals surface area contributed by atoms with E-state index in [1.165, 1.54) is 32.4 Å². The molecule has 2 aliphatic heterocycles. The van der Waals surface area contributed by atoms with Gasteiger partial charge in [-0.15, -0.1) is 0 Å². The van der Waals surface area contributed by atoms with Crippen molar-refractivity contribution in [1.29, 1.82) is 0 Å². The predicted molar refractivity (Wildman–Crippen MR) is 73.2 cm³/mol. The molecule has 2 heteroatoms. The molecule has 18 heavy (non-hydrogen) atoms. The van der Waals surface area contributed by atoms with Gasteiger partial charge < -0.3 is 5.32 Å². The van der Waals surface area contributed by atoms with Crippen LogP contribution < -0.4 is 5.32 Å². The first-order valence-electron chi connectivity index (χ1n) is 7.43. The van der Waals surface area contributed by atoms with Gasteiger partial charge >= 0.3 is 0 Å². The molecular formula is C16H22N2. The number of benzene rings is 1. The summed E-state index contributed by atoms with van der Waals surface area (Å²) in [7, 11) is 0. The fraction of sp³-hybridized carbons (Fsp3) is 0.625. The standard InChI is InChI=1S/C16H22N2/c1-2-5-14-10-18(9-13(14)4-1)11-16-15-7-3-6-12(15)8-17-16/h1-2,4-5,12,15-17H,3,6-11H2. The third kappa shape index (κ3) is 1.79. The van der Waals surface area contributed by atoms with Crippen LogP contribution in [0.4, 0.5) is 0 Å². The zero-order chi connectivity index (χ0) is 11.9. The molecule has 3 atom stereocenters. The quantitative estimate of drug-likeness (QED) is 0.856. The van der Waals surface area contributed by atoms with Crippen molar-refractivity contribution < 1.29 is 0 Å². The summed E-state index contributed by atoms with van der Waals surface area (Å²) in [5.74, 6) is 1.95. The Labute approximate surface area is 109 Å². The topological polar surface area (TPSA) is 15.3 Å². The maximum Gasteiger partial charge on any atom is 0.0241 e. The summed E-state index contributed by atoms with van der Waals surface area (Å²) in [6, 6.07) is 9.67. The van der Waals surface area contributed by atoms with E-state index in [2.05, 4.69) is 34.5 Å². The lowest BCUT2D eigenvalue weighted by Gasteiger charge is -2.24. The number of nitrogens with one attached hydrogen (secondary N) is 1. The summed E-state index contributed by atoms with van der Waals surface area (Å²) >= 11 is 0. The molecule has 0 aromatic heterocycles. The van der Waals surface area contributed by atoms with Gasteiger partial charge in [0.1, 0.15) is 0 Å². The van der Waals surface area contributed by atoms with Crippen LogP contribution in [-0.2, 0) is 13.1 Å². The zero-order valence-electron chi connectivity index (χ0n) is 10.9. The lowest BCUT2D eigenvalue weighted by Crippen LogP contribution is -2.38. The second-order valence-corrected chi connectivity index (χ2v) is 6.31. The number of hydrogen-bond acceptors (Lipinski definition) is 2. The molecule has 0 amide bonds. The maximum atomic E-state index is 3.77. The molecule has 2 fully saturated rings. The summed E-state index contributed by atoms with van der Waals surface area (Å²) in [6.07, 6.45) is 4.39. The van der Waals surface area contributed by atoms with Crippen LogP contribution in [-0.4, -0.2) is 24.0 Å². The lowest BCUT2D eigenvalue weighted by atomic mass is 9.94. The normalized spacial score (nSPS) is 34.8. The van der Waals surface area contributed by atoms with Crippen LogP contribution in [0.2, 0.25) is 0 Å². The molecule has 1 saturated carbocycles. The van der Waals surface area contributed by atoms with Gasteiger partial charge in [-0.05, 0) is 42.3 Å². The van der Waals surface area contributed by atoms with Crippen LogP contribution in [0, 0.1) is 11.8 Å². The third-order valence-corrected chi connectivity index (χ3v) is 5.24. The maximum absolute atomic E-state index is 3.77. The number of fused-ring (bicyclic) bond motifs is 2. The minimum absolute atomic E-state index is 0.756. The highest BCUT2D eigenvalue weighted by Crippen LogP contribution is 2.38. The van der Waals surface area contributed by atoms with E-state index >= 15 is 0 Å². The highest BCUT2D eigenvalue weighted by atomic mass is 15.2. The van der Waals surface area contributed by atoms with Crippen molar-refractivity contribution >= 4 is 0 Å². The summed E-state index contributed by atoms with van der Waals surface area (Å²) in [5.41, 5.74) is 3.08. The molecule has 1 N–H and O–H groups in total. The zero-order valence-corrected chi connectivity index (χ0v) is 10.9. The molecule has 1 aromatic rings. The van der Waals surface area contributed by atoms with Crippen molar-refractivity contribution in [3.63, 3.8) is 0 Å². The summed E-state index contributed by atoms with van der Waals surface area (Å²) in [5, 5.41) is 3.77. The Bertz CT molecular complexity index is 417. The van der Waals surface area contributed by atoms with Crippen LogP contribution in [0.3, 0.4) is 0 Å². The number of rotatable bonds is 2. The van der Waals surface area contributed by atoms with E-state index in [1.54, 1.807) is 11.1 Å². The Morgan fingerprint density at radius 1 is 1.11 bits per heavy atom. The molecule has 2 heterocycles. The Hall–Kier alpha value is -0.860. The highest BCUT2D eigenvalue weighted by Gasteiger charge is 2.39. The first-order chi connectivity index (χ1) is 8.90. The van der Waals surface area contributed by atoms with E-state index in [9.17, 15) is 0 Å². The Morgan fingerprint density at radius 2 is 1.89 bits per heavy atom. The molecule has 3 aliphatic rings. The van der Waals surface area contributed by atoms with E-state index in [0.29, 0.717) is 0 Å². The van der Waals surface area contributed by atoms with Crippen LogP contribution in [0.5, 0.6) is 0 Å². The monoisotopic (exact) mass is 242 g/mol. The first kappa shape index (κ1) is 11.0. The third-order valence-electron chi connectivity index (χ3n) is 5.24. The average Bonchev–Trinajstić information content (AvgIpc) is 3.05. The average molecular weight is 242 g/mol. The molecule has 0 radical (unpaired) electrons. The van der Waals surface area contributed by atoms with Gasteiger partial charge in [-0.25, -0.2) is 0 Å². The van der Waals surface area contributed by atoms with E-state index < -0.39 is 0 Å². The fourth-order valence-electron chi connectivity index (χ4n) is 4.31. The van der Waals surface area contributed by atoms with E-state index in [-0.39, 0.29) is 0 Å². The van der Waals surface area contributed by atoms with Crippen molar-refractivity contribution in [3.8, 4) is 0 Å². The molecule has 1 aliphatic carbocycles. The van der Waals surface area contributed by atoms with E-state index in [1.807, 2.05) is 0 Å². The summed E-state index contributed by atoms with van der Waals surface area (Å²) in [4.78, 5) is 2.63. The molecule has 4 rings (SSSR count). The second-order valence-electron chi connectivity index (χ2n) is 6.31. The van der Waals surface area contributed by atoms with Crippen LogP contribution in [0.25, 0.3) is 0 Å². The summed E-state index contributed by atoms with van der Waals surface area (Å²) < 4.78 is 0. The molecule has 96 valence electrons. The molecule has 1 aromatic carbocycles. The van der Waals surface area contributed by atoms with Crippen molar-refractivity contribution in [2.75, 3.05) is 13.1 Å². The number of hydrogen-bond donors (Lipinski definition) is 1. The molecule has 1 saturated heterocycles. The smallest absolute Gasteiger partial charge is 0.0241 e. The van der Waals surface area contributed by atoms with Gasteiger partial charge in [0.05, 0.1) is 0 Å². The Kier molecular flexibility index (Phi) is 2.66. The van der Waals surface area contributed by atoms with Gasteiger partial charge in [0, 0.05) is 25.7 Å². The molecule has 0 bridgehead atoms. The molecular weight excluding hydrogens is 220 g/mol. The first-order valence-corrected chi connectivity index (χ1v) is 7.43. The van der Waals surface area contributed by atoms with Crippen LogP contribution >= 0.6 is 0 Å². The lowest BCUT2D eigenvalue weighted by molar-refractivity contribution is 0.230. The minimum Gasteiger partial charge on any atom is -0.312 e. The van der Waals surface area contributed by atoms with Crippen LogP contribution in [0.15, 0.2) is 24.3 Å².